The lowest BCUT2D eigenvalue weighted by atomic mass is 9.83. The van der Waals surface area contributed by atoms with Crippen LogP contribution in [0.3, 0.4) is 0 Å². The van der Waals surface area contributed by atoms with Crippen LogP contribution in [0.1, 0.15) is 52.9 Å². The van der Waals surface area contributed by atoms with Gasteiger partial charge in [0.1, 0.15) is 11.6 Å². The molecular formula is C15H27NO5. The molecule has 6 nitrogen and oxygen atoms in total. The third kappa shape index (κ3) is 5.91. The molecule has 2 N–H and O–H groups in total. The number of ether oxygens (including phenoxy) is 1. The molecule has 0 radical (unpaired) electrons. The van der Waals surface area contributed by atoms with Crippen molar-refractivity contribution in [2.45, 2.75) is 70.6 Å². The Morgan fingerprint density at radius 1 is 1.24 bits per heavy atom. The first-order valence-electron chi connectivity index (χ1n) is 7.47. The van der Waals surface area contributed by atoms with Gasteiger partial charge in [-0.25, -0.2) is 9.59 Å². The van der Waals surface area contributed by atoms with Crippen molar-refractivity contribution in [3.05, 3.63) is 0 Å². The van der Waals surface area contributed by atoms with Gasteiger partial charge < -0.3 is 14.9 Å². The summed E-state index contributed by atoms with van der Waals surface area (Å²) in [4.78, 5) is 24.6. The number of carbonyl (C=O) groups is 2. The van der Waals surface area contributed by atoms with Crippen LogP contribution in [0.15, 0.2) is 0 Å². The lowest BCUT2D eigenvalue weighted by Gasteiger charge is -2.32. The second-order valence-corrected chi connectivity index (χ2v) is 6.86. The maximum absolute atomic E-state index is 12.0. The van der Waals surface area contributed by atoms with Gasteiger partial charge in [0.25, 0.3) is 0 Å². The van der Waals surface area contributed by atoms with Gasteiger partial charge in [-0.05, 0) is 58.8 Å². The summed E-state index contributed by atoms with van der Waals surface area (Å²) >= 11 is 0. The Balaban J connectivity index is 2.64. The zero-order valence-corrected chi connectivity index (χ0v) is 13.3. The highest BCUT2D eigenvalue weighted by Gasteiger charge is 2.33. The Morgan fingerprint density at radius 2 is 1.76 bits per heavy atom. The minimum Gasteiger partial charge on any atom is -0.480 e. The zero-order valence-electron chi connectivity index (χ0n) is 13.3. The molecule has 0 spiro atoms. The van der Waals surface area contributed by atoms with Crippen molar-refractivity contribution in [1.29, 1.82) is 0 Å². The molecule has 21 heavy (non-hydrogen) atoms. The number of aliphatic carboxylic acids is 1. The molecule has 0 aromatic heterocycles. The van der Waals surface area contributed by atoms with Crippen LogP contribution in [0, 0.1) is 5.92 Å². The van der Waals surface area contributed by atoms with Crippen molar-refractivity contribution in [3.8, 4) is 0 Å². The predicted octanol–water partition coefficient (Wildman–Crippen LogP) is 2.25. The Labute approximate surface area is 126 Å². The molecule has 1 amide bonds. The summed E-state index contributed by atoms with van der Waals surface area (Å²) in [5.74, 6) is -0.797. The summed E-state index contributed by atoms with van der Waals surface area (Å²) in [6, 6.07) is -0.889. The third-order valence-corrected chi connectivity index (χ3v) is 3.81. The first kappa shape index (κ1) is 17.8. The fourth-order valence-electron chi connectivity index (χ4n) is 2.58. The van der Waals surface area contributed by atoms with Crippen molar-refractivity contribution < 1.29 is 24.5 Å². The fraction of sp³-hybridized carbons (Fsp3) is 0.867. The average Bonchev–Trinajstić information content (AvgIpc) is 2.34. The molecule has 0 heterocycles. The lowest BCUT2D eigenvalue weighted by Crippen LogP contribution is -2.46. The molecule has 1 aliphatic rings. The standard InChI is InChI=1S/C15H27NO5/c1-15(2,3)21-14(20)16(4)12(13(18)19)9-10-5-7-11(17)8-6-10/h10-12,17H,5-9H2,1-4H3,(H,18,19). The van der Waals surface area contributed by atoms with Crippen LogP contribution in [0.5, 0.6) is 0 Å². The maximum atomic E-state index is 12.0. The normalized spacial score (nSPS) is 24.2. The van der Waals surface area contributed by atoms with Gasteiger partial charge in [0.15, 0.2) is 0 Å². The van der Waals surface area contributed by atoms with E-state index >= 15 is 0 Å². The van der Waals surface area contributed by atoms with Crippen molar-refractivity contribution in [1.82, 2.24) is 4.90 Å². The Morgan fingerprint density at radius 3 is 2.19 bits per heavy atom. The van der Waals surface area contributed by atoms with E-state index in [0.29, 0.717) is 19.3 Å². The maximum Gasteiger partial charge on any atom is 0.410 e. The Kier molecular flexibility index (Phi) is 6.01. The number of carboxylic acids is 1. The molecule has 1 aliphatic carbocycles. The molecule has 1 atom stereocenters. The molecule has 0 aromatic rings. The number of amides is 1. The van der Waals surface area contributed by atoms with Crippen molar-refractivity contribution in [2.75, 3.05) is 7.05 Å². The molecule has 1 fully saturated rings. The second kappa shape index (κ2) is 7.11. The summed E-state index contributed by atoms with van der Waals surface area (Å²) in [6.45, 7) is 5.24. The first-order valence-corrected chi connectivity index (χ1v) is 7.47. The molecule has 0 bridgehead atoms. The molecule has 122 valence electrons. The van der Waals surface area contributed by atoms with Crippen molar-refractivity contribution >= 4 is 12.1 Å². The summed E-state index contributed by atoms with van der Waals surface area (Å²) in [5, 5.41) is 18.9. The predicted molar refractivity (Wildman–Crippen MR) is 78.0 cm³/mol. The number of aliphatic hydroxyl groups excluding tert-OH is 1. The van der Waals surface area contributed by atoms with Crippen LogP contribution in [-0.2, 0) is 9.53 Å². The van der Waals surface area contributed by atoms with Gasteiger partial charge >= 0.3 is 12.1 Å². The van der Waals surface area contributed by atoms with Crippen LogP contribution in [0.2, 0.25) is 0 Å². The van der Waals surface area contributed by atoms with E-state index < -0.39 is 23.7 Å². The first-order chi connectivity index (χ1) is 9.60. The van der Waals surface area contributed by atoms with Gasteiger partial charge in [-0.2, -0.15) is 0 Å². The topological polar surface area (TPSA) is 87.1 Å². The lowest BCUT2D eigenvalue weighted by molar-refractivity contribution is -0.143. The van der Waals surface area contributed by atoms with E-state index in [1.54, 1.807) is 20.8 Å². The van der Waals surface area contributed by atoms with E-state index in [1.165, 1.54) is 11.9 Å². The van der Waals surface area contributed by atoms with Gasteiger partial charge in [0.2, 0.25) is 0 Å². The number of aliphatic hydroxyl groups is 1. The molecular weight excluding hydrogens is 274 g/mol. The van der Waals surface area contributed by atoms with Crippen LogP contribution in [0.4, 0.5) is 4.79 Å². The van der Waals surface area contributed by atoms with Gasteiger partial charge in [0.05, 0.1) is 6.10 Å². The van der Waals surface area contributed by atoms with Gasteiger partial charge in [-0.3, -0.25) is 4.90 Å². The zero-order chi connectivity index (χ0) is 16.2. The highest BCUT2D eigenvalue weighted by atomic mass is 16.6. The molecule has 1 saturated carbocycles. The molecule has 0 saturated heterocycles. The number of likely N-dealkylation sites (N-methyl/N-ethyl adjacent to an activating group) is 1. The average molecular weight is 301 g/mol. The Bertz CT molecular complexity index is 369. The van der Waals surface area contributed by atoms with E-state index in [-0.39, 0.29) is 12.0 Å². The second-order valence-electron chi connectivity index (χ2n) is 6.86. The molecule has 0 aromatic carbocycles. The van der Waals surface area contributed by atoms with Gasteiger partial charge in [0, 0.05) is 7.05 Å². The summed E-state index contributed by atoms with van der Waals surface area (Å²) in [7, 11) is 1.46. The monoisotopic (exact) mass is 301 g/mol. The van der Waals surface area contributed by atoms with E-state index in [1.807, 2.05) is 0 Å². The van der Waals surface area contributed by atoms with Crippen LogP contribution >= 0.6 is 0 Å². The van der Waals surface area contributed by atoms with E-state index in [2.05, 4.69) is 0 Å². The fourth-order valence-corrected chi connectivity index (χ4v) is 2.58. The van der Waals surface area contributed by atoms with Crippen LogP contribution in [-0.4, -0.2) is 52.0 Å². The van der Waals surface area contributed by atoms with Crippen LogP contribution < -0.4 is 0 Å². The SMILES string of the molecule is CN(C(=O)OC(C)(C)C)C(CC1CCC(O)CC1)C(=O)O. The highest BCUT2D eigenvalue weighted by molar-refractivity contribution is 5.80. The molecule has 6 heteroatoms. The number of hydrogen-bond acceptors (Lipinski definition) is 4. The minimum absolute atomic E-state index is 0.222. The van der Waals surface area contributed by atoms with Crippen molar-refractivity contribution in [2.24, 2.45) is 5.92 Å². The highest BCUT2D eigenvalue weighted by Crippen LogP contribution is 2.29. The Hall–Kier alpha value is -1.30. The summed E-state index contributed by atoms with van der Waals surface area (Å²) < 4.78 is 5.22. The summed E-state index contributed by atoms with van der Waals surface area (Å²) in [5.41, 5.74) is -0.649. The molecule has 1 rings (SSSR count). The number of carbonyl (C=O) groups excluding carboxylic acids is 1. The van der Waals surface area contributed by atoms with Gasteiger partial charge in [-0.1, -0.05) is 0 Å². The quantitative estimate of drug-likeness (QED) is 0.831. The van der Waals surface area contributed by atoms with Crippen molar-refractivity contribution in [3.63, 3.8) is 0 Å². The minimum atomic E-state index is -1.02. The third-order valence-electron chi connectivity index (χ3n) is 3.81. The summed E-state index contributed by atoms with van der Waals surface area (Å²) in [6.07, 6.45) is 2.51. The van der Waals surface area contributed by atoms with E-state index in [4.69, 9.17) is 4.74 Å². The largest absolute Gasteiger partial charge is 0.480 e. The number of carboxylic acid groups (broad SMARTS) is 1. The van der Waals surface area contributed by atoms with Gasteiger partial charge in [-0.15, -0.1) is 0 Å². The number of rotatable bonds is 4. The molecule has 1 unspecified atom stereocenters. The number of hydrogen-bond donors (Lipinski definition) is 2. The number of nitrogens with zero attached hydrogens (tertiary/aromatic N) is 1. The van der Waals surface area contributed by atoms with Crippen LogP contribution in [0.25, 0.3) is 0 Å². The molecule has 0 aliphatic heterocycles. The smallest absolute Gasteiger partial charge is 0.410 e. The van der Waals surface area contributed by atoms with E-state index in [9.17, 15) is 19.8 Å². The van der Waals surface area contributed by atoms with E-state index in [0.717, 1.165) is 12.8 Å².